The van der Waals surface area contributed by atoms with E-state index < -0.39 is 0 Å². The highest BCUT2D eigenvalue weighted by atomic mass is 15.3. The Bertz CT molecular complexity index is 590. The molecule has 1 atom stereocenters. The fourth-order valence-electron chi connectivity index (χ4n) is 2.77. The topological polar surface area (TPSA) is 33.1 Å². The fraction of sp³-hybridized carbons (Fsp3) is 0.471. The summed E-state index contributed by atoms with van der Waals surface area (Å²) in [5, 5.41) is 8.24. The zero-order valence-corrected chi connectivity index (χ0v) is 12.9. The summed E-state index contributed by atoms with van der Waals surface area (Å²) in [5.74, 6) is 0. The number of para-hydroxylation sites is 2. The Morgan fingerprint density at radius 1 is 1.29 bits per heavy atom. The van der Waals surface area contributed by atoms with Gasteiger partial charge in [-0.2, -0.15) is 5.10 Å². The molecule has 0 fully saturated rings. The second kappa shape index (κ2) is 6.20. The Morgan fingerprint density at radius 2 is 2.14 bits per heavy atom. The van der Waals surface area contributed by atoms with Gasteiger partial charge in [-0.3, -0.25) is 4.68 Å². The summed E-state index contributed by atoms with van der Waals surface area (Å²) in [6.07, 6.45) is 4.36. The summed E-state index contributed by atoms with van der Waals surface area (Å²) in [5.41, 5.74) is 3.66. The predicted molar refractivity (Wildman–Crippen MR) is 87.8 cm³/mol. The van der Waals surface area contributed by atoms with Crippen LogP contribution in [0.2, 0.25) is 0 Å². The molecule has 0 spiro atoms. The largest absolute Gasteiger partial charge is 0.383 e. The molecule has 0 saturated heterocycles. The quantitative estimate of drug-likeness (QED) is 0.930. The van der Waals surface area contributed by atoms with E-state index >= 15 is 0 Å². The van der Waals surface area contributed by atoms with Crippen LogP contribution in [0.4, 0.5) is 11.4 Å². The van der Waals surface area contributed by atoms with Gasteiger partial charge in [-0.15, -0.1) is 0 Å². The Morgan fingerprint density at radius 3 is 3.00 bits per heavy atom. The molecule has 112 valence electrons. The molecule has 1 aliphatic heterocycles. The molecular formula is C17H24N4. The Balaban J connectivity index is 1.79. The van der Waals surface area contributed by atoms with Gasteiger partial charge in [0.2, 0.25) is 0 Å². The summed E-state index contributed by atoms with van der Waals surface area (Å²) in [6.45, 7) is 7.39. The normalized spacial score (nSPS) is 16.0. The first-order valence-corrected chi connectivity index (χ1v) is 7.90. The monoisotopic (exact) mass is 284 g/mol. The SMILES string of the molecule is CCC(C)n1ccc(CN2CCCNc3ccccc32)n1. The van der Waals surface area contributed by atoms with Gasteiger partial charge in [0, 0.05) is 25.3 Å². The van der Waals surface area contributed by atoms with E-state index in [0.29, 0.717) is 6.04 Å². The summed E-state index contributed by atoms with van der Waals surface area (Å²) >= 11 is 0. The van der Waals surface area contributed by atoms with Crippen LogP contribution in [-0.2, 0) is 6.54 Å². The molecule has 0 bridgehead atoms. The molecular weight excluding hydrogens is 260 g/mol. The third-order valence-corrected chi connectivity index (χ3v) is 4.22. The van der Waals surface area contributed by atoms with Crippen LogP contribution in [0, 0.1) is 0 Å². The molecule has 0 aliphatic carbocycles. The lowest BCUT2D eigenvalue weighted by atomic mass is 10.2. The zero-order chi connectivity index (χ0) is 14.7. The second-order valence-electron chi connectivity index (χ2n) is 5.76. The number of fused-ring (bicyclic) bond motifs is 1. The van der Waals surface area contributed by atoms with Crippen molar-refractivity contribution in [3.63, 3.8) is 0 Å². The lowest BCUT2D eigenvalue weighted by Gasteiger charge is -2.23. The first-order chi connectivity index (χ1) is 10.3. The summed E-state index contributed by atoms with van der Waals surface area (Å²) in [4.78, 5) is 2.43. The Hall–Kier alpha value is -1.97. The summed E-state index contributed by atoms with van der Waals surface area (Å²) in [6, 6.07) is 11.2. The zero-order valence-electron chi connectivity index (χ0n) is 12.9. The van der Waals surface area contributed by atoms with Gasteiger partial charge >= 0.3 is 0 Å². The van der Waals surface area contributed by atoms with Gasteiger partial charge in [0.05, 0.1) is 23.6 Å². The fourth-order valence-corrected chi connectivity index (χ4v) is 2.77. The van der Waals surface area contributed by atoms with E-state index in [2.05, 4.69) is 65.3 Å². The molecule has 1 aromatic heterocycles. The average Bonchev–Trinajstić information content (AvgIpc) is 2.89. The van der Waals surface area contributed by atoms with E-state index in [1.54, 1.807) is 0 Å². The maximum Gasteiger partial charge on any atom is 0.0817 e. The second-order valence-corrected chi connectivity index (χ2v) is 5.76. The van der Waals surface area contributed by atoms with Crippen LogP contribution in [0.15, 0.2) is 36.5 Å². The summed E-state index contributed by atoms with van der Waals surface area (Å²) < 4.78 is 2.08. The van der Waals surface area contributed by atoms with E-state index in [1.807, 2.05) is 0 Å². The maximum absolute atomic E-state index is 4.73. The molecule has 3 rings (SSSR count). The first kappa shape index (κ1) is 14.0. The van der Waals surface area contributed by atoms with Crippen LogP contribution in [0.5, 0.6) is 0 Å². The van der Waals surface area contributed by atoms with E-state index in [0.717, 1.165) is 38.2 Å². The van der Waals surface area contributed by atoms with Crippen LogP contribution in [-0.4, -0.2) is 22.9 Å². The molecule has 4 nitrogen and oxygen atoms in total. The average molecular weight is 284 g/mol. The molecule has 2 aromatic rings. The molecule has 0 amide bonds. The number of nitrogens with zero attached hydrogens (tertiary/aromatic N) is 3. The minimum atomic E-state index is 0.469. The number of hydrogen-bond acceptors (Lipinski definition) is 3. The molecule has 0 radical (unpaired) electrons. The molecule has 1 N–H and O–H groups in total. The highest BCUT2D eigenvalue weighted by Gasteiger charge is 2.16. The molecule has 1 aliphatic rings. The minimum Gasteiger partial charge on any atom is -0.383 e. The van der Waals surface area contributed by atoms with Crippen LogP contribution in [0.3, 0.4) is 0 Å². The highest BCUT2D eigenvalue weighted by molar-refractivity contribution is 5.70. The maximum atomic E-state index is 4.73. The van der Waals surface area contributed by atoms with Gasteiger partial charge in [0.1, 0.15) is 0 Å². The predicted octanol–water partition coefficient (Wildman–Crippen LogP) is 3.68. The van der Waals surface area contributed by atoms with E-state index in [4.69, 9.17) is 5.10 Å². The molecule has 1 aromatic carbocycles. The van der Waals surface area contributed by atoms with Gasteiger partial charge in [-0.1, -0.05) is 19.1 Å². The van der Waals surface area contributed by atoms with Crippen molar-refractivity contribution < 1.29 is 0 Å². The lowest BCUT2D eigenvalue weighted by Crippen LogP contribution is -2.23. The van der Waals surface area contributed by atoms with Crippen LogP contribution in [0.1, 0.15) is 38.4 Å². The van der Waals surface area contributed by atoms with Crippen molar-refractivity contribution in [3.05, 3.63) is 42.2 Å². The lowest BCUT2D eigenvalue weighted by molar-refractivity contribution is 0.473. The molecule has 1 unspecified atom stereocenters. The number of rotatable bonds is 4. The van der Waals surface area contributed by atoms with Gasteiger partial charge in [-0.05, 0) is 38.0 Å². The van der Waals surface area contributed by atoms with Crippen LogP contribution >= 0.6 is 0 Å². The van der Waals surface area contributed by atoms with Crippen LogP contribution in [0.25, 0.3) is 0 Å². The van der Waals surface area contributed by atoms with Gasteiger partial charge < -0.3 is 10.2 Å². The smallest absolute Gasteiger partial charge is 0.0817 e. The molecule has 21 heavy (non-hydrogen) atoms. The van der Waals surface area contributed by atoms with Gasteiger partial charge in [0.15, 0.2) is 0 Å². The highest BCUT2D eigenvalue weighted by Crippen LogP contribution is 2.29. The van der Waals surface area contributed by atoms with E-state index in [1.165, 1.54) is 11.4 Å². The number of benzene rings is 1. The number of aromatic nitrogens is 2. The number of anilines is 2. The van der Waals surface area contributed by atoms with Gasteiger partial charge in [0.25, 0.3) is 0 Å². The van der Waals surface area contributed by atoms with Crippen molar-refractivity contribution in [2.75, 3.05) is 23.3 Å². The van der Waals surface area contributed by atoms with Crippen molar-refractivity contribution in [3.8, 4) is 0 Å². The van der Waals surface area contributed by atoms with E-state index in [-0.39, 0.29) is 0 Å². The molecule has 2 heterocycles. The van der Waals surface area contributed by atoms with Crippen molar-refractivity contribution >= 4 is 11.4 Å². The third-order valence-electron chi connectivity index (χ3n) is 4.22. The third kappa shape index (κ3) is 3.04. The van der Waals surface area contributed by atoms with Crippen molar-refractivity contribution in [2.24, 2.45) is 0 Å². The Labute approximate surface area is 126 Å². The van der Waals surface area contributed by atoms with Crippen molar-refractivity contribution in [1.29, 1.82) is 0 Å². The van der Waals surface area contributed by atoms with E-state index in [9.17, 15) is 0 Å². The number of hydrogen-bond donors (Lipinski definition) is 1. The molecule has 4 heteroatoms. The number of nitrogens with one attached hydrogen (secondary N) is 1. The summed E-state index contributed by atoms with van der Waals surface area (Å²) in [7, 11) is 0. The Kier molecular flexibility index (Phi) is 4.13. The minimum absolute atomic E-state index is 0.469. The molecule has 0 saturated carbocycles. The standard InChI is InChI=1S/C17H24N4/c1-3-14(2)21-12-9-15(19-21)13-20-11-6-10-18-16-7-4-5-8-17(16)20/h4-5,7-9,12,14,18H,3,6,10-11,13H2,1-2H3. The van der Waals surface area contributed by atoms with Crippen molar-refractivity contribution in [1.82, 2.24) is 9.78 Å². The van der Waals surface area contributed by atoms with Crippen LogP contribution < -0.4 is 10.2 Å². The van der Waals surface area contributed by atoms with Gasteiger partial charge in [-0.25, -0.2) is 0 Å². The van der Waals surface area contributed by atoms with Crippen molar-refractivity contribution in [2.45, 2.75) is 39.3 Å². The first-order valence-electron chi connectivity index (χ1n) is 7.90.